The average molecular weight is 613 g/mol. The summed E-state index contributed by atoms with van der Waals surface area (Å²) < 4.78 is 4.72. The molecule has 0 saturated carbocycles. The molecule has 0 aliphatic carbocycles. The average Bonchev–Trinajstić information content (AvgIpc) is 3.68. The van der Waals surface area contributed by atoms with Gasteiger partial charge in [-0.3, -0.25) is 14.1 Å². The summed E-state index contributed by atoms with van der Waals surface area (Å²) in [6.45, 7) is 0.00322. The van der Waals surface area contributed by atoms with Gasteiger partial charge < -0.3 is 4.90 Å². The van der Waals surface area contributed by atoms with Gasteiger partial charge in [-0.15, -0.1) is 0 Å². The fraction of sp³-hybridized carbons (Fsp3) is 0. The van der Waals surface area contributed by atoms with Crippen molar-refractivity contribution in [1.29, 1.82) is 0 Å². The Bertz CT molecular complexity index is 2740. The molecule has 8 heteroatoms. The third-order valence-electron chi connectivity index (χ3n) is 9.89. The molecular weight excluding hydrogens is 589 g/mol. The molecule has 0 bridgehead atoms. The van der Waals surface area contributed by atoms with E-state index in [9.17, 15) is 0 Å². The summed E-state index contributed by atoms with van der Waals surface area (Å²) in [5, 5.41) is 2.18. The SMILES string of the molecule is c1ccc(N2c3ccccc3B3c4c2cc(-c2ncccn2)cc4-n2c4c3ccnc4c3c4cccnc4n(-c4ccccc4)c32)cc1. The van der Waals surface area contributed by atoms with Crippen LogP contribution in [0, 0.1) is 0 Å². The van der Waals surface area contributed by atoms with E-state index >= 15 is 0 Å². The van der Waals surface area contributed by atoms with Crippen molar-refractivity contribution in [1.82, 2.24) is 29.1 Å². The van der Waals surface area contributed by atoms with Gasteiger partial charge in [0.1, 0.15) is 11.3 Å². The van der Waals surface area contributed by atoms with Gasteiger partial charge in [0.15, 0.2) is 5.82 Å². The molecule has 9 aromatic rings. The second kappa shape index (κ2) is 9.50. The molecular formula is C40H24BN7. The molecule has 0 fully saturated rings. The third-order valence-corrected chi connectivity index (χ3v) is 9.89. The molecule has 0 atom stereocenters. The zero-order valence-corrected chi connectivity index (χ0v) is 25.6. The minimum Gasteiger partial charge on any atom is -0.311 e. The number of anilines is 3. The number of rotatable bonds is 3. The van der Waals surface area contributed by atoms with Gasteiger partial charge in [0.2, 0.25) is 0 Å². The van der Waals surface area contributed by atoms with Gasteiger partial charge in [-0.05, 0) is 83.1 Å². The van der Waals surface area contributed by atoms with E-state index in [1.54, 1.807) is 0 Å². The first-order chi connectivity index (χ1) is 23.9. The van der Waals surface area contributed by atoms with E-state index in [-0.39, 0.29) is 6.71 Å². The Labute approximate surface area is 275 Å². The van der Waals surface area contributed by atoms with Gasteiger partial charge in [0.25, 0.3) is 6.71 Å². The first-order valence-corrected chi connectivity index (χ1v) is 16.1. The zero-order valence-electron chi connectivity index (χ0n) is 25.6. The molecule has 0 saturated heterocycles. The number of benzene rings is 4. The number of pyridine rings is 2. The molecule has 4 aromatic carbocycles. The highest BCUT2D eigenvalue weighted by molar-refractivity contribution is 7.00. The normalized spacial score (nSPS) is 12.9. The molecule has 7 nitrogen and oxygen atoms in total. The van der Waals surface area contributed by atoms with Crippen LogP contribution < -0.4 is 21.3 Å². The number of hydrogen-bond acceptors (Lipinski definition) is 5. The Hall–Kier alpha value is -6.54. The second-order valence-electron chi connectivity index (χ2n) is 12.3. The monoisotopic (exact) mass is 613 g/mol. The number of para-hydroxylation sites is 3. The molecule has 2 aliphatic heterocycles. The molecule has 222 valence electrons. The molecule has 0 radical (unpaired) electrons. The van der Waals surface area contributed by atoms with Crippen molar-refractivity contribution < 1.29 is 0 Å². The van der Waals surface area contributed by atoms with E-state index in [0.29, 0.717) is 5.82 Å². The summed E-state index contributed by atoms with van der Waals surface area (Å²) in [7, 11) is 0. The van der Waals surface area contributed by atoms with Gasteiger partial charge in [0, 0.05) is 64.2 Å². The van der Waals surface area contributed by atoms with Gasteiger partial charge in [-0.2, -0.15) is 0 Å². The van der Waals surface area contributed by atoms with Gasteiger partial charge in [0.05, 0.1) is 16.4 Å². The van der Waals surface area contributed by atoms with E-state index in [1.807, 2.05) is 36.9 Å². The summed E-state index contributed by atoms with van der Waals surface area (Å²) in [6.07, 6.45) is 7.47. The Morgan fingerprint density at radius 1 is 0.521 bits per heavy atom. The van der Waals surface area contributed by atoms with Crippen molar-refractivity contribution >= 4 is 73.3 Å². The highest BCUT2D eigenvalue weighted by Crippen LogP contribution is 2.44. The minimum absolute atomic E-state index is 0.00322. The maximum absolute atomic E-state index is 5.11. The van der Waals surface area contributed by atoms with Crippen molar-refractivity contribution in [2.45, 2.75) is 0 Å². The van der Waals surface area contributed by atoms with Gasteiger partial charge >= 0.3 is 0 Å². The standard InChI is InChI=1S/C40H24BN7/c1-3-11-26(12-4-1)46-31-17-8-7-16-29(31)41-30-18-22-42-36-34-28-15-9-19-45-39(28)47(27-13-5-2-6-14-27)40(34)48(37(30)36)33-24-25(23-32(46)35(33)41)38-43-20-10-21-44-38/h1-24H. The van der Waals surface area contributed by atoms with E-state index < -0.39 is 0 Å². The van der Waals surface area contributed by atoms with E-state index in [1.165, 1.54) is 16.4 Å². The van der Waals surface area contributed by atoms with Crippen LogP contribution in [0.1, 0.15) is 0 Å². The summed E-state index contributed by atoms with van der Waals surface area (Å²) in [5.41, 5.74) is 14.3. The molecule has 5 aromatic heterocycles. The van der Waals surface area contributed by atoms with E-state index in [4.69, 9.17) is 19.9 Å². The van der Waals surface area contributed by atoms with Gasteiger partial charge in [-0.25, -0.2) is 15.0 Å². The maximum Gasteiger partial charge on any atom is 0.252 e. The van der Waals surface area contributed by atoms with E-state index in [2.05, 4.69) is 123 Å². The Kier molecular flexibility index (Phi) is 5.07. The molecule has 11 rings (SSSR count). The molecule has 48 heavy (non-hydrogen) atoms. The van der Waals surface area contributed by atoms with Crippen molar-refractivity contribution in [2.75, 3.05) is 4.90 Å². The summed E-state index contributed by atoms with van der Waals surface area (Å²) in [5.74, 6) is 0.682. The lowest BCUT2D eigenvalue weighted by molar-refractivity contribution is 1.05. The molecule has 2 aliphatic rings. The van der Waals surface area contributed by atoms with Crippen LogP contribution in [0.5, 0.6) is 0 Å². The van der Waals surface area contributed by atoms with Crippen LogP contribution in [0.3, 0.4) is 0 Å². The van der Waals surface area contributed by atoms with Crippen LogP contribution >= 0.6 is 0 Å². The largest absolute Gasteiger partial charge is 0.311 e. The van der Waals surface area contributed by atoms with Crippen LogP contribution in [0.25, 0.3) is 55.9 Å². The lowest BCUT2D eigenvalue weighted by Gasteiger charge is -2.40. The first-order valence-electron chi connectivity index (χ1n) is 16.1. The lowest BCUT2D eigenvalue weighted by atomic mass is 9.34. The zero-order chi connectivity index (χ0) is 31.3. The lowest BCUT2D eigenvalue weighted by Crippen LogP contribution is -2.60. The highest BCUT2D eigenvalue weighted by atomic mass is 15.2. The fourth-order valence-electron chi connectivity index (χ4n) is 8.09. The molecule has 7 heterocycles. The summed E-state index contributed by atoms with van der Waals surface area (Å²) >= 11 is 0. The van der Waals surface area contributed by atoms with Crippen LogP contribution in [-0.2, 0) is 0 Å². The minimum atomic E-state index is 0.00322. The second-order valence-corrected chi connectivity index (χ2v) is 12.3. The third kappa shape index (κ3) is 3.28. The predicted molar refractivity (Wildman–Crippen MR) is 194 cm³/mol. The van der Waals surface area contributed by atoms with Crippen molar-refractivity contribution in [2.24, 2.45) is 0 Å². The summed E-state index contributed by atoms with van der Waals surface area (Å²) in [6, 6.07) is 42.8. The molecule has 0 N–H and O–H groups in total. The van der Waals surface area contributed by atoms with E-state index in [0.717, 1.165) is 67.1 Å². The van der Waals surface area contributed by atoms with Crippen molar-refractivity contribution in [3.63, 3.8) is 0 Å². The quantitative estimate of drug-likeness (QED) is 0.211. The summed E-state index contributed by atoms with van der Waals surface area (Å²) in [4.78, 5) is 21.9. The number of nitrogens with zero attached hydrogens (tertiary/aromatic N) is 7. The molecule has 0 amide bonds. The Balaban J connectivity index is 1.38. The maximum atomic E-state index is 5.11. The van der Waals surface area contributed by atoms with Crippen LogP contribution in [0.15, 0.2) is 146 Å². The smallest absolute Gasteiger partial charge is 0.252 e. The van der Waals surface area contributed by atoms with Gasteiger partial charge in [-0.1, -0.05) is 54.6 Å². The van der Waals surface area contributed by atoms with Crippen LogP contribution in [0.2, 0.25) is 0 Å². The van der Waals surface area contributed by atoms with Crippen molar-refractivity contribution in [3.05, 3.63) is 146 Å². The topological polar surface area (TPSA) is 64.7 Å². The highest BCUT2D eigenvalue weighted by Gasteiger charge is 2.43. The van der Waals surface area contributed by atoms with Crippen LogP contribution in [-0.4, -0.2) is 35.8 Å². The van der Waals surface area contributed by atoms with Crippen molar-refractivity contribution in [3.8, 4) is 22.8 Å². The van der Waals surface area contributed by atoms with Crippen LogP contribution in [0.4, 0.5) is 17.1 Å². The molecule has 0 unspecified atom stereocenters. The Morgan fingerprint density at radius 3 is 2.08 bits per heavy atom. The fourth-order valence-corrected chi connectivity index (χ4v) is 8.09. The number of fused-ring (bicyclic) bond motifs is 9. The number of hydrogen-bond donors (Lipinski definition) is 0. The number of aromatic nitrogens is 6. The Morgan fingerprint density at radius 2 is 1.25 bits per heavy atom. The molecule has 0 spiro atoms. The predicted octanol–water partition coefficient (Wildman–Crippen LogP) is 6.59. The first kappa shape index (κ1) is 25.6.